The highest BCUT2D eigenvalue weighted by Gasteiger charge is 2.37. The molecule has 0 aliphatic heterocycles. The number of hydrogen-bond donors (Lipinski definition) is 0. The number of allylic oxidation sites excluding steroid dienone is 2. The van der Waals surface area contributed by atoms with Crippen LogP contribution < -0.4 is 0 Å². The molecule has 0 N–H and O–H groups in total. The van der Waals surface area contributed by atoms with Crippen LogP contribution in [0, 0.1) is 5.92 Å². The Bertz CT molecular complexity index is 258. The first-order valence-corrected chi connectivity index (χ1v) is 8.96. The van der Waals surface area contributed by atoms with Gasteiger partial charge in [-0.15, -0.1) is 0 Å². The lowest BCUT2D eigenvalue weighted by atomic mass is 10.1. The molecule has 0 aromatic rings. The van der Waals surface area contributed by atoms with Gasteiger partial charge in [-0.1, -0.05) is 52.0 Å². The lowest BCUT2D eigenvalue weighted by Crippen LogP contribution is -2.41. The molecule has 0 saturated carbocycles. The molecule has 0 fully saturated rings. The second kappa shape index (κ2) is 5.83. The van der Waals surface area contributed by atoms with E-state index in [4.69, 9.17) is 4.43 Å². The lowest BCUT2D eigenvalue weighted by Gasteiger charge is -2.36. The van der Waals surface area contributed by atoms with Gasteiger partial charge in [-0.05, 0) is 31.0 Å². The van der Waals surface area contributed by atoms with Crippen molar-refractivity contribution in [2.75, 3.05) is 6.61 Å². The van der Waals surface area contributed by atoms with Crippen molar-refractivity contribution in [2.24, 2.45) is 5.92 Å². The molecule has 0 rings (SSSR count). The van der Waals surface area contributed by atoms with E-state index < -0.39 is 8.32 Å². The molecule has 0 spiro atoms. The Morgan fingerprint density at radius 2 is 1.88 bits per heavy atom. The predicted octanol–water partition coefficient (Wildman–Crippen LogP) is 4.78. The first kappa shape index (κ1) is 15.7. The van der Waals surface area contributed by atoms with Gasteiger partial charge in [-0.3, -0.25) is 0 Å². The van der Waals surface area contributed by atoms with Crippen LogP contribution in [0.15, 0.2) is 24.3 Å². The molecule has 94 valence electrons. The number of rotatable bonds is 5. The first-order valence-electron chi connectivity index (χ1n) is 6.05. The second-order valence-electron chi connectivity index (χ2n) is 6.16. The minimum Gasteiger partial charge on any atom is -0.416 e. The summed E-state index contributed by atoms with van der Waals surface area (Å²) in [6.45, 7) is 20.3. The molecule has 16 heavy (non-hydrogen) atoms. The summed E-state index contributed by atoms with van der Waals surface area (Å²) >= 11 is 0. The summed E-state index contributed by atoms with van der Waals surface area (Å²) in [5.74, 6) is 0.465. The van der Waals surface area contributed by atoms with Gasteiger partial charge in [-0.2, -0.15) is 0 Å². The van der Waals surface area contributed by atoms with E-state index in [0.29, 0.717) is 11.0 Å². The SMILES string of the molecule is C=C/C(C)=C/[C@H](C)CO[Si](C)(C)C(C)(C)C. The van der Waals surface area contributed by atoms with Crippen LogP contribution in [0.25, 0.3) is 0 Å². The summed E-state index contributed by atoms with van der Waals surface area (Å²) in [4.78, 5) is 0. The zero-order valence-electron chi connectivity index (χ0n) is 12.1. The molecule has 0 aliphatic rings. The van der Waals surface area contributed by atoms with Crippen molar-refractivity contribution in [3.8, 4) is 0 Å². The quantitative estimate of drug-likeness (QED) is 0.496. The third-order valence-corrected chi connectivity index (χ3v) is 7.88. The molecule has 0 heterocycles. The molecule has 0 amide bonds. The molecule has 0 unspecified atom stereocenters. The van der Waals surface area contributed by atoms with Crippen LogP contribution >= 0.6 is 0 Å². The molecule has 0 saturated heterocycles. The molecule has 0 radical (unpaired) electrons. The van der Waals surface area contributed by atoms with Crippen molar-refractivity contribution >= 4 is 8.32 Å². The molecule has 1 atom stereocenters. The molecule has 2 heteroatoms. The zero-order chi connectivity index (χ0) is 13.0. The van der Waals surface area contributed by atoms with Crippen molar-refractivity contribution in [1.82, 2.24) is 0 Å². The minimum absolute atomic E-state index is 0.296. The van der Waals surface area contributed by atoms with Gasteiger partial charge in [0.05, 0.1) is 0 Å². The predicted molar refractivity (Wildman–Crippen MR) is 76.3 cm³/mol. The van der Waals surface area contributed by atoms with Gasteiger partial charge in [0.25, 0.3) is 0 Å². The van der Waals surface area contributed by atoms with Gasteiger partial charge in [0.1, 0.15) is 0 Å². The highest BCUT2D eigenvalue weighted by Crippen LogP contribution is 2.36. The zero-order valence-corrected chi connectivity index (χ0v) is 13.1. The van der Waals surface area contributed by atoms with Crippen LogP contribution in [0.1, 0.15) is 34.6 Å². The fourth-order valence-corrected chi connectivity index (χ4v) is 2.23. The van der Waals surface area contributed by atoms with E-state index in [-0.39, 0.29) is 0 Å². The van der Waals surface area contributed by atoms with E-state index in [1.807, 2.05) is 6.08 Å². The van der Waals surface area contributed by atoms with E-state index in [0.717, 1.165) is 6.61 Å². The van der Waals surface area contributed by atoms with Gasteiger partial charge in [-0.25, -0.2) is 0 Å². The maximum Gasteiger partial charge on any atom is 0.192 e. The van der Waals surface area contributed by atoms with Crippen LogP contribution in [0.2, 0.25) is 18.1 Å². The Labute approximate surface area is 103 Å². The number of hydrogen-bond acceptors (Lipinski definition) is 1. The molecular weight excluding hydrogens is 212 g/mol. The average Bonchev–Trinajstić information content (AvgIpc) is 2.13. The Hall–Kier alpha value is -0.343. The normalized spacial score (nSPS) is 16.1. The van der Waals surface area contributed by atoms with Gasteiger partial charge in [0.15, 0.2) is 8.32 Å². The standard InChI is InChI=1S/C14H28OSi/c1-9-12(2)10-13(3)11-15-16(7,8)14(4,5)6/h9-10,13H,1,11H2,2-8H3/b12-10+/t13-/m0/s1. The molecule has 0 aromatic carbocycles. The highest BCUT2D eigenvalue weighted by molar-refractivity contribution is 6.74. The van der Waals surface area contributed by atoms with E-state index in [1.54, 1.807) is 0 Å². The Balaban J connectivity index is 4.31. The van der Waals surface area contributed by atoms with Crippen LogP contribution in [-0.2, 0) is 4.43 Å². The van der Waals surface area contributed by atoms with Gasteiger partial charge in [0.2, 0.25) is 0 Å². The third kappa shape index (κ3) is 5.13. The van der Waals surface area contributed by atoms with Crippen LogP contribution in [0.4, 0.5) is 0 Å². The van der Waals surface area contributed by atoms with Crippen molar-refractivity contribution in [3.05, 3.63) is 24.3 Å². The van der Waals surface area contributed by atoms with Crippen molar-refractivity contribution in [2.45, 2.75) is 52.8 Å². The minimum atomic E-state index is -1.58. The molecule has 0 aliphatic carbocycles. The van der Waals surface area contributed by atoms with Crippen LogP contribution in [-0.4, -0.2) is 14.9 Å². The first-order chi connectivity index (χ1) is 7.10. The van der Waals surface area contributed by atoms with E-state index in [9.17, 15) is 0 Å². The topological polar surface area (TPSA) is 9.23 Å². The van der Waals surface area contributed by atoms with Crippen molar-refractivity contribution in [1.29, 1.82) is 0 Å². The molecule has 0 bridgehead atoms. The van der Waals surface area contributed by atoms with E-state index in [2.05, 4.69) is 60.4 Å². The van der Waals surface area contributed by atoms with Gasteiger partial charge in [0, 0.05) is 6.61 Å². The fraction of sp³-hybridized carbons (Fsp3) is 0.714. The lowest BCUT2D eigenvalue weighted by molar-refractivity contribution is 0.259. The Morgan fingerprint density at radius 1 is 1.38 bits per heavy atom. The molecular formula is C14H28OSi. The second-order valence-corrected chi connectivity index (χ2v) is 11.0. The maximum atomic E-state index is 6.16. The summed E-state index contributed by atoms with van der Waals surface area (Å²) in [6, 6.07) is 0. The smallest absolute Gasteiger partial charge is 0.192 e. The van der Waals surface area contributed by atoms with Crippen LogP contribution in [0.5, 0.6) is 0 Å². The monoisotopic (exact) mass is 240 g/mol. The summed E-state index contributed by atoms with van der Waals surface area (Å²) in [5.41, 5.74) is 1.23. The molecule has 0 aromatic heterocycles. The Kier molecular flexibility index (Phi) is 5.70. The van der Waals surface area contributed by atoms with Crippen LogP contribution in [0.3, 0.4) is 0 Å². The fourth-order valence-electron chi connectivity index (χ4n) is 1.12. The summed E-state index contributed by atoms with van der Waals surface area (Å²) in [6.07, 6.45) is 4.11. The van der Waals surface area contributed by atoms with Crippen molar-refractivity contribution < 1.29 is 4.43 Å². The summed E-state index contributed by atoms with van der Waals surface area (Å²) in [7, 11) is -1.58. The summed E-state index contributed by atoms with van der Waals surface area (Å²) in [5, 5.41) is 0.296. The van der Waals surface area contributed by atoms with E-state index in [1.165, 1.54) is 5.57 Å². The van der Waals surface area contributed by atoms with Crippen molar-refractivity contribution in [3.63, 3.8) is 0 Å². The Morgan fingerprint density at radius 3 is 2.25 bits per heavy atom. The highest BCUT2D eigenvalue weighted by atomic mass is 28.4. The van der Waals surface area contributed by atoms with Gasteiger partial charge < -0.3 is 4.43 Å². The largest absolute Gasteiger partial charge is 0.416 e. The molecule has 1 nitrogen and oxygen atoms in total. The van der Waals surface area contributed by atoms with Gasteiger partial charge >= 0.3 is 0 Å². The van der Waals surface area contributed by atoms with E-state index >= 15 is 0 Å². The maximum absolute atomic E-state index is 6.16. The third-order valence-electron chi connectivity index (χ3n) is 3.38. The summed E-state index contributed by atoms with van der Waals surface area (Å²) < 4.78 is 6.16. The average molecular weight is 240 g/mol.